The SMILES string of the molecule is O=C1CCN(c2nccn(-c3ccccc3)c2=O)CC1. The third kappa shape index (κ3) is 2.34. The van der Waals surface area contributed by atoms with E-state index in [1.54, 1.807) is 17.0 Å². The van der Waals surface area contributed by atoms with E-state index < -0.39 is 0 Å². The smallest absolute Gasteiger partial charge is 0.298 e. The van der Waals surface area contributed by atoms with Gasteiger partial charge in [-0.15, -0.1) is 0 Å². The highest BCUT2D eigenvalue weighted by atomic mass is 16.1. The van der Waals surface area contributed by atoms with E-state index in [9.17, 15) is 9.59 Å². The first-order valence-electron chi connectivity index (χ1n) is 6.65. The van der Waals surface area contributed by atoms with Crippen LogP contribution in [0, 0.1) is 0 Å². The van der Waals surface area contributed by atoms with Gasteiger partial charge >= 0.3 is 0 Å². The van der Waals surface area contributed by atoms with Gasteiger partial charge in [0.05, 0.1) is 0 Å². The van der Waals surface area contributed by atoms with E-state index in [4.69, 9.17) is 0 Å². The molecule has 0 spiro atoms. The zero-order valence-corrected chi connectivity index (χ0v) is 11.0. The van der Waals surface area contributed by atoms with Crippen molar-refractivity contribution >= 4 is 11.6 Å². The van der Waals surface area contributed by atoms with E-state index in [-0.39, 0.29) is 11.3 Å². The van der Waals surface area contributed by atoms with Crippen LogP contribution in [0.15, 0.2) is 47.5 Å². The fraction of sp³-hybridized carbons (Fsp3) is 0.267. The Kier molecular flexibility index (Phi) is 3.33. The zero-order valence-electron chi connectivity index (χ0n) is 11.0. The molecular formula is C15H15N3O2. The van der Waals surface area contributed by atoms with Crippen molar-refractivity contribution in [3.63, 3.8) is 0 Å². The van der Waals surface area contributed by atoms with Crippen molar-refractivity contribution in [2.24, 2.45) is 0 Å². The molecule has 0 saturated carbocycles. The van der Waals surface area contributed by atoms with Gasteiger partial charge in [-0.2, -0.15) is 0 Å². The lowest BCUT2D eigenvalue weighted by Gasteiger charge is -2.26. The van der Waals surface area contributed by atoms with Crippen molar-refractivity contribution in [1.82, 2.24) is 9.55 Å². The number of anilines is 1. The average molecular weight is 269 g/mol. The lowest BCUT2D eigenvalue weighted by atomic mass is 10.1. The van der Waals surface area contributed by atoms with Crippen LogP contribution in [0.25, 0.3) is 5.69 Å². The molecule has 0 radical (unpaired) electrons. The molecular weight excluding hydrogens is 254 g/mol. The fourth-order valence-electron chi connectivity index (χ4n) is 2.38. The van der Waals surface area contributed by atoms with Gasteiger partial charge in [-0.3, -0.25) is 14.2 Å². The molecule has 1 aromatic carbocycles. The highest BCUT2D eigenvalue weighted by Gasteiger charge is 2.20. The van der Waals surface area contributed by atoms with Crippen LogP contribution < -0.4 is 10.5 Å². The van der Waals surface area contributed by atoms with Gasteiger partial charge in [-0.05, 0) is 12.1 Å². The molecule has 20 heavy (non-hydrogen) atoms. The van der Waals surface area contributed by atoms with Gasteiger partial charge in [0.15, 0.2) is 5.82 Å². The Labute approximate surface area is 116 Å². The molecule has 1 aliphatic heterocycles. The van der Waals surface area contributed by atoms with Gasteiger partial charge in [0, 0.05) is 44.0 Å². The van der Waals surface area contributed by atoms with Crippen molar-refractivity contribution in [2.75, 3.05) is 18.0 Å². The molecule has 102 valence electrons. The summed E-state index contributed by atoms with van der Waals surface area (Å²) >= 11 is 0. The van der Waals surface area contributed by atoms with Crippen molar-refractivity contribution in [1.29, 1.82) is 0 Å². The van der Waals surface area contributed by atoms with E-state index >= 15 is 0 Å². The van der Waals surface area contributed by atoms with Crippen LogP contribution >= 0.6 is 0 Å². The number of carbonyl (C=O) groups excluding carboxylic acids is 1. The number of rotatable bonds is 2. The zero-order chi connectivity index (χ0) is 13.9. The van der Waals surface area contributed by atoms with Crippen LogP contribution in [-0.4, -0.2) is 28.4 Å². The van der Waals surface area contributed by atoms with Crippen LogP contribution in [0.5, 0.6) is 0 Å². The maximum atomic E-state index is 12.5. The summed E-state index contributed by atoms with van der Waals surface area (Å²) in [6.45, 7) is 1.14. The van der Waals surface area contributed by atoms with E-state index in [1.165, 1.54) is 0 Å². The van der Waals surface area contributed by atoms with Crippen LogP contribution in [0.3, 0.4) is 0 Å². The van der Waals surface area contributed by atoms with Crippen LogP contribution in [0.2, 0.25) is 0 Å². The lowest BCUT2D eigenvalue weighted by molar-refractivity contribution is -0.119. The Balaban J connectivity index is 1.98. The average Bonchev–Trinajstić information content (AvgIpc) is 2.49. The van der Waals surface area contributed by atoms with Crippen molar-refractivity contribution in [3.05, 3.63) is 53.1 Å². The fourth-order valence-corrected chi connectivity index (χ4v) is 2.38. The first-order chi connectivity index (χ1) is 9.75. The largest absolute Gasteiger partial charge is 0.351 e. The Bertz CT molecular complexity index is 669. The number of carbonyl (C=O) groups is 1. The third-order valence-electron chi connectivity index (χ3n) is 3.48. The number of aromatic nitrogens is 2. The number of hydrogen-bond acceptors (Lipinski definition) is 4. The monoisotopic (exact) mass is 269 g/mol. The Morgan fingerprint density at radius 3 is 2.40 bits per heavy atom. The second kappa shape index (κ2) is 5.28. The Morgan fingerprint density at radius 1 is 1.00 bits per heavy atom. The molecule has 0 atom stereocenters. The molecule has 0 N–H and O–H groups in total. The second-order valence-electron chi connectivity index (χ2n) is 4.79. The molecule has 0 bridgehead atoms. The molecule has 0 amide bonds. The van der Waals surface area contributed by atoms with Crippen LogP contribution in [0.1, 0.15) is 12.8 Å². The number of piperidine rings is 1. The minimum absolute atomic E-state index is 0.145. The van der Waals surface area contributed by atoms with E-state index in [0.717, 1.165) is 5.69 Å². The quantitative estimate of drug-likeness (QED) is 0.827. The normalized spacial score (nSPS) is 15.4. The van der Waals surface area contributed by atoms with Crippen molar-refractivity contribution in [3.8, 4) is 5.69 Å². The Hall–Kier alpha value is -2.43. The number of hydrogen-bond donors (Lipinski definition) is 0. The maximum Gasteiger partial charge on any atom is 0.298 e. The minimum atomic E-state index is -0.145. The molecule has 3 rings (SSSR count). The Morgan fingerprint density at radius 2 is 1.70 bits per heavy atom. The van der Waals surface area contributed by atoms with Gasteiger partial charge in [0.1, 0.15) is 5.78 Å². The first kappa shape index (κ1) is 12.6. The predicted octanol–water partition coefficient (Wildman–Crippen LogP) is 1.40. The van der Waals surface area contributed by atoms with Gasteiger partial charge in [0.25, 0.3) is 5.56 Å². The molecule has 0 aliphatic carbocycles. The van der Waals surface area contributed by atoms with Crippen molar-refractivity contribution < 1.29 is 4.79 Å². The molecule has 1 aliphatic rings. The highest BCUT2D eigenvalue weighted by Crippen LogP contribution is 2.13. The maximum absolute atomic E-state index is 12.5. The summed E-state index contributed by atoms with van der Waals surface area (Å²) < 4.78 is 1.58. The highest BCUT2D eigenvalue weighted by molar-refractivity contribution is 5.80. The summed E-state index contributed by atoms with van der Waals surface area (Å²) in [6.07, 6.45) is 4.26. The van der Waals surface area contributed by atoms with E-state index in [2.05, 4.69) is 4.98 Å². The number of nitrogens with zero attached hydrogens (tertiary/aromatic N) is 3. The standard InChI is InChI=1S/C15H15N3O2/c19-13-6-9-17(10-7-13)14-15(20)18(11-8-16-14)12-4-2-1-3-5-12/h1-5,8,11H,6-7,9-10H2. The summed E-state index contributed by atoms with van der Waals surface area (Å²) in [6, 6.07) is 9.45. The van der Waals surface area contributed by atoms with Gasteiger partial charge in [-0.25, -0.2) is 4.98 Å². The molecule has 2 heterocycles. The molecule has 5 nitrogen and oxygen atoms in total. The van der Waals surface area contributed by atoms with Crippen molar-refractivity contribution in [2.45, 2.75) is 12.8 Å². The summed E-state index contributed by atoms with van der Waals surface area (Å²) in [5.74, 6) is 0.671. The van der Waals surface area contributed by atoms with Crippen LogP contribution in [-0.2, 0) is 4.79 Å². The third-order valence-corrected chi connectivity index (χ3v) is 3.48. The summed E-state index contributed by atoms with van der Waals surface area (Å²) in [4.78, 5) is 29.9. The summed E-state index contributed by atoms with van der Waals surface area (Å²) in [5.41, 5.74) is 0.669. The molecule has 1 fully saturated rings. The first-order valence-corrected chi connectivity index (χ1v) is 6.65. The number of ketones is 1. The molecule has 1 saturated heterocycles. The topological polar surface area (TPSA) is 55.2 Å². The number of benzene rings is 1. The summed E-state index contributed by atoms with van der Waals surface area (Å²) in [7, 11) is 0. The summed E-state index contributed by atoms with van der Waals surface area (Å²) in [5, 5.41) is 0. The number of para-hydroxylation sites is 1. The molecule has 0 unspecified atom stereocenters. The van der Waals surface area contributed by atoms with Gasteiger partial charge in [-0.1, -0.05) is 18.2 Å². The van der Waals surface area contributed by atoms with Gasteiger partial charge < -0.3 is 4.90 Å². The van der Waals surface area contributed by atoms with E-state index in [0.29, 0.717) is 31.7 Å². The molecule has 1 aromatic heterocycles. The predicted molar refractivity (Wildman–Crippen MR) is 76.3 cm³/mol. The lowest BCUT2D eigenvalue weighted by Crippen LogP contribution is -2.39. The second-order valence-corrected chi connectivity index (χ2v) is 4.79. The van der Waals surface area contributed by atoms with Crippen LogP contribution in [0.4, 0.5) is 5.82 Å². The molecule has 2 aromatic rings. The number of Topliss-reactive ketones (excluding diaryl/α,β-unsaturated/α-hetero) is 1. The van der Waals surface area contributed by atoms with Gasteiger partial charge in [0.2, 0.25) is 0 Å². The van der Waals surface area contributed by atoms with E-state index in [1.807, 2.05) is 35.2 Å². The molecule has 5 heteroatoms. The minimum Gasteiger partial charge on any atom is -0.351 e.